The van der Waals surface area contributed by atoms with Crippen LogP contribution in [0.2, 0.25) is 5.02 Å². The van der Waals surface area contributed by atoms with Gasteiger partial charge in [0.05, 0.1) is 20.7 Å². The number of carbonyl (C=O) groups excluding carboxylic acids is 1. The third kappa shape index (κ3) is 3.33. The van der Waals surface area contributed by atoms with E-state index in [1.54, 1.807) is 25.1 Å². The predicted molar refractivity (Wildman–Crippen MR) is 82.1 cm³/mol. The van der Waals surface area contributed by atoms with Gasteiger partial charge in [0.2, 0.25) is 5.91 Å². The summed E-state index contributed by atoms with van der Waals surface area (Å²) in [6.07, 6.45) is 4.28. The van der Waals surface area contributed by atoms with Gasteiger partial charge >= 0.3 is 0 Å². The molecule has 20 heavy (non-hydrogen) atoms. The van der Waals surface area contributed by atoms with Crippen LogP contribution in [0.15, 0.2) is 23.1 Å². The smallest absolute Gasteiger partial charge is 0.236 e. The Balaban J connectivity index is 2.09. The first kappa shape index (κ1) is 15.3. The molecule has 1 fully saturated rings. The Labute approximate surface area is 126 Å². The van der Waals surface area contributed by atoms with Crippen molar-refractivity contribution in [2.45, 2.75) is 48.8 Å². The van der Waals surface area contributed by atoms with Crippen molar-refractivity contribution in [3.63, 3.8) is 0 Å². The first-order valence-corrected chi connectivity index (χ1v) is 8.34. The molecule has 2 rings (SSSR count). The topological polar surface area (TPSA) is 72.2 Å². The van der Waals surface area contributed by atoms with E-state index in [-0.39, 0.29) is 11.9 Å². The Morgan fingerprint density at radius 1 is 1.45 bits per heavy atom. The highest BCUT2D eigenvalue weighted by molar-refractivity contribution is 7.86. The van der Waals surface area contributed by atoms with E-state index >= 15 is 0 Å². The minimum atomic E-state index is -1.55. The molecule has 1 aliphatic carbocycles. The summed E-state index contributed by atoms with van der Waals surface area (Å²) < 4.78 is 12.5. The molecule has 1 aliphatic rings. The number of hydrogen-bond donors (Lipinski definition) is 2. The first-order chi connectivity index (χ1) is 9.50. The molecule has 0 heterocycles. The molecule has 110 valence electrons. The van der Waals surface area contributed by atoms with Gasteiger partial charge in [-0.15, -0.1) is 0 Å². The zero-order valence-corrected chi connectivity index (χ0v) is 13.0. The van der Waals surface area contributed by atoms with E-state index in [0.29, 0.717) is 15.6 Å². The molecule has 1 amide bonds. The van der Waals surface area contributed by atoms with Gasteiger partial charge in [-0.2, -0.15) is 0 Å². The van der Waals surface area contributed by atoms with Crippen LogP contribution in [0.4, 0.5) is 5.69 Å². The second-order valence-electron chi connectivity index (χ2n) is 5.09. The van der Waals surface area contributed by atoms with Crippen LogP contribution in [0.25, 0.3) is 0 Å². The van der Waals surface area contributed by atoms with Crippen molar-refractivity contribution in [1.82, 2.24) is 5.32 Å². The highest BCUT2D eigenvalue weighted by Crippen LogP contribution is 2.28. The van der Waals surface area contributed by atoms with Gasteiger partial charge in [0, 0.05) is 11.7 Å². The average molecular weight is 315 g/mol. The van der Waals surface area contributed by atoms with Crippen molar-refractivity contribution in [2.75, 3.05) is 5.73 Å². The van der Waals surface area contributed by atoms with Crippen LogP contribution in [0, 0.1) is 0 Å². The molecule has 0 radical (unpaired) electrons. The number of carbonyl (C=O) groups is 1. The van der Waals surface area contributed by atoms with Crippen molar-refractivity contribution in [2.24, 2.45) is 0 Å². The molecule has 3 N–H and O–H groups in total. The number of nitrogens with one attached hydrogen (secondary N) is 1. The fourth-order valence-electron chi connectivity index (χ4n) is 2.40. The minimum Gasteiger partial charge on any atom is -0.398 e. The second kappa shape index (κ2) is 6.59. The Bertz CT molecular complexity index is 510. The van der Waals surface area contributed by atoms with Crippen molar-refractivity contribution < 1.29 is 9.00 Å². The Kier molecular flexibility index (Phi) is 5.05. The molecule has 4 nitrogen and oxygen atoms in total. The van der Waals surface area contributed by atoms with Crippen molar-refractivity contribution in [3.05, 3.63) is 23.2 Å². The van der Waals surface area contributed by atoms with Crippen LogP contribution in [0.1, 0.15) is 32.6 Å². The van der Waals surface area contributed by atoms with Crippen molar-refractivity contribution in [3.8, 4) is 0 Å². The molecule has 0 aliphatic heterocycles. The molecule has 1 aromatic carbocycles. The maximum Gasteiger partial charge on any atom is 0.236 e. The number of nitrogen functional groups attached to an aromatic ring is 1. The third-order valence-electron chi connectivity index (χ3n) is 3.59. The van der Waals surface area contributed by atoms with E-state index in [9.17, 15) is 9.00 Å². The lowest BCUT2D eigenvalue weighted by Crippen LogP contribution is -2.40. The average Bonchev–Trinajstić information content (AvgIpc) is 2.90. The minimum absolute atomic E-state index is 0.199. The first-order valence-electron chi connectivity index (χ1n) is 6.75. The summed E-state index contributed by atoms with van der Waals surface area (Å²) in [5, 5.41) is 2.62. The molecule has 6 heteroatoms. The van der Waals surface area contributed by atoms with Crippen LogP contribution >= 0.6 is 11.6 Å². The highest BCUT2D eigenvalue weighted by atomic mass is 35.5. The lowest BCUT2D eigenvalue weighted by molar-refractivity contribution is -0.121. The molecule has 2 atom stereocenters. The fourth-order valence-corrected chi connectivity index (χ4v) is 3.99. The number of benzene rings is 1. The summed E-state index contributed by atoms with van der Waals surface area (Å²) in [5.74, 6) is -0.199. The van der Waals surface area contributed by atoms with Gasteiger partial charge in [-0.1, -0.05) is 30.5 Å². The van der Waals surface area contributed by atoms with Gasteiger partial charge in [0.15, 0.2) is 0 Å². The van der Waals surface area contributed by atoms with Crippen LogP contribution in [-0.4, -0.2) is 21.4 Å². The Hall–Kier alpha value is -1.07. The van der Waals surface area contributed by atoms with E-state index in [4.69, 9.17) is 17.3 Å². The fraction of sp³-hybridized carbons (Fsp3) is 0.500. The van der Waals surface area contributed by atoms with E-state index in [2.05, 4.69) is 5.32 Å². The summed E-state index contributed by atoms with van der Waals surface area (Å²) in [5.41, 5.74) is 6.17. The maximum atomic E-state index is 12.5. The largest absolute Gasteiger partial charge is 0.398 e. The number of amides is 1. The van der Waals surface area contributed by atoms with Crippen molar-refractivity contribution in [1.29, 1.82) is 0 Å². The molecule has 1 saturated carbocycles. The zero-order valence-electron chi connectivity index (χ0n) is 11.4. The predicted octanol–water partition coefficient (Wildman–Crippen LogP) is 2.48. The summed E-state index contributed by atoms with van der Waals surface area (Å²) in [6.45, 7) is 1.64. The number of halogens is 1. The van der Waals surface area contributed by atoms with E-state index in [1.807, 2.05) is 0 Å². The van der Waals surface area contributed by atoms with Gasteiger partial charge in [-0.05, 0) is 31.9 Å². The third-order valence-corrected chi connectivity index (χ3v) is 5.73. The molecule has 0 bridgehead atoms. The molecule has 1 aromatic rings. The number of nitrogens with two attached hydrogens (primary N) is 1. The van der Waals surface area contributed by atoms with Crippen LogP contribution < -0.4 is 11.1 Å². The number of hydrogen-bond acceptors (Lipinski definition) is 3. The summed E-state index contributed by atoms with van der Waals surface area (Å²) in [6, 6.07) is 5.18. The lowest BCUT2D eigenvalue weighted by atomic mass is 10.2. The maximum absolute atomic E-state index is 12.5. The normalized spacial score (nSPS) is 18.7. The van der Waals surface area contributed by atoms with Crippen molar-refractivity contribution >= 4 is 34.0 Å². The number of rotatable bonds is 4. The van der Waals surface area contributed by atoms with Gasteiger partial charge in [0.1, 0.15) is 5.25 Å². The van der Waals surface area contributed by atoms with Gasteiger partial charge in [-0.25, -0.2) is 0 Å². The lowest BCUT2D eigenvalue weighted by Gasteiger charge is -2.17. The quantitative estimate of drug-likeness (QED) is 0.839. The summed E-state index contributed by atoms with van der Waals surface area (Å²) >= 11 is 6.04. The molecule has 0 spiro atoms. The Morgan fingerprint density at radius 2 is 2.10 bits per heavy atom. The molecule has 0 saturated heterocycles. The Morgan fingerprint density at radius 3 is 2.70 bits per heavy atom. The van der Waals surface area contributed by atoms with E-state index in [0.717, 1.165) is 25.7 Å². The summed E-state index contributed by atoms with van der Waals surface area (Å²) in [4.78, 5) is 12.5. The highest BCUT2D eigenvalue weighted by Gasteiger charge is 2.27. The molecular weight excluding hydrogens is 296 g/mol. The van der Waals surface area contributed by atoms with Gasteiger partial charge in [-0.3, -0.25) is 9.00 Å². The van der Waals surface area contributed by atoms with Crippen LogP contribution in [-0.2, 0) is 15.6 Å². The van der Waals surface area contributed by atoms with E-state index in [1.165, 1.54) is 0 Å². The zero-order chi connectivity index (χ0) is 14.7. The van der Waals surface area contributed by atoms with Gasteiger partial charge < -0.3 is 11.1 Å². The van der Waals surface area contributed by atoms with Crippen LogP contribution in [0.3, 0.4) is 0 Å². The SMILES string of the molecule is CC(C(=O)NC1CCCC1)S(=O)c1c(N)cccc1Cl. The molecule has 0 aromatic heterocycles. The standard InChI is InChI=1S/C14H19ClN2O2S/c1-9(14(18)17-10-5-2-3-6-10)20(19)13-11(15)7-4-8-12(13)16/h4,7-10H,2-3,5-6,16H2,1H3,(H,17,18). The van der Waals surface area contributed by atoms with E-state index < -0.39 is 16.0 Å². The molecular formula is C14H19ClN2O2S. The second-order valence-corrected chi connectivity index (χ2v) is 7.21. The monoisotopic (exact) mass is 314 g/mol. The summed E-state index contributed by atoms with van der Waals surface area (Å²) in [7, 11) is -1.55. The van der Waals surface area contributed by atoms with Crippen LogP contribution in [0.5, 0.6) is 0 Å². The number of anilines is 1. The molecule has 2 unspecified atom stereocenters. The van der Waals surface area contributed by atoms with Gasteiger partial charge in [0.25, 0.3) is 0 Å².